The molecular formula is C16H40AlCl3O4Zr. The number of hydrogen-bond donors (Lipinski definition) is 4. The molecule has 0 aliphatic rings. The zero-order valence-corrected chi connectivity index (χ0v) is 22.4. The SMILES string of the molecule is CCCCO.CCCCO.CCCCO.CCCCO.[Cl][Al]([Cl])[Cl].[Zr]. The molecule has 9 heteroatoms. The quantitative estimate of drug-likeness (QED) is 0.347. The van der Waals surface area contributed by atoms with E-state index in [-0.39, 0.29) is 26.2 Å². The zero-order chi connectivity index (χ0) is 20.1. The van der Waals surface area contributed by atoms with Crippen molar-refractivity contribution in [3.8, 4) is 0 Å². The van der Waals surface area contributed by atoms with Crippen LogP contribution in [0.15, 0.2) is 0 Å². The second-order valence-electron chi connectivity index (χ2n) is 4.56. The van der Waals surface area contributed by atoms with Crippen molar-refractivity contribution >= 4 is 41.5 Å². The van der Waals surface area contributed by atoms with E-state index >= 15 is 0 Å². The van der Waals surface area contributed by atoms with Gasteiger partial charge in [0, 0.05) is 52.6 Å². The molecule has 25 heavy (non-hydrogen) atoms. The molecule has 4 nitrogen and oxygen atoms in total. The van der Waals surface area contributed by atoms with Crippen LogP contribution in [0.4, 0.5) is 0 Å². The summed E-state index contributed by atoms with van der Waals surface area (Å²) >= 11 is -1.72. The number of rotatable bonds is 8. The minimum absolute atomic E-state index is 0. The summed E-state index contributed by atoms with van der Waals surface area (Å²) in [5, 5.41) is 32.3. The molecule has 0 amide bonds. The molecule has 0 bridgehead atoms. The largest absolute Gasteiger partial charge is 0.643 e. The van der Waals surface area contributed by atoms with E-state index in [1.54, 1.807) is 0 Å². The van der Waals surface area contributed by atoms with E-state index in [0.29, 0.717) is 26.4 Å². The van der Waals surface area contributed by atoms with Crippen molar-refractivity contribution in [3.63, 3.8) is 0 Å². The van der Waals surface area contributed by atoms with Crippen molar-refractivity contribution in [1.29, 1.82) is 0 Å². The number of aliphatic hydroxyl groups excluding tert-OH is 4. The molecule has 0 fully saturated rings. The van der Waals surface area contributed by atoms with Crippen molar-refractivity contribution in [3.05, 3.63) is 0 Å². The second kappa shape index (κ2) is 56.2. The van der Waals surface area contributed by atoms with E-state index in [1.165, 1.54) is 0 Å². The van der Waals surface area contributed by atoms with Gasteiger partial charge in [-0.2, -0.15) is 0 Å². The Kier molecular flexibility index (Phi) is 93.3. The molecule has 0 spiro atoms. The first-order chi connectivity index (χ1) is 11.4. The van der Waals surface area contributed by atoms with Crippen LogP contribution in [0.25, 0.3) is 0 Å². The molecular weight excluding hydrogens is 481 g/mol. The maximum atomic E-state index is 8.07. The fourth-order valence-corrected chi connectivity index (χ4v) is 0.632. The third kappa shape index (κ3) is 148. The summed E-state index contributed by atoms with van der Waals surface area (Å²) in [4.78, 5) is 0. The van der Waals surface area contributed by atoms with Gasteiger partial charge in [-0.3, -0.25) is 0 Å². The Bertz CT molecular complexity index is 120. The minimum atomic E-state index is -1.72. The normalized spacial score (nSPS) is 7.80. The molecule has 0 atom stereocenters. The zero-order valence-electron chi connectivity index (χ0n) is 16.5. The summed E-state index contributed by atoms with van der Waals surface area (Å²) in [6.07, 6.45) is 8.15. The fraction of sp³-hybridized carbons (Fsp3) is 1.00. The first-order valence-electron chi connectivity index (χ1n) is 8.75. The Morgan fingerprint density at radius 2 is 0.640 bits per heavy atom. The van der Waals surface area contributed by atoms with Crippen molar-refractivity contribution < 1.29 is 46.6 Å². The summed E-state index contributed by atoms with van der Waals surface area (Å²) in [6.45, 7) is 9.58. The van der Waals surface area contributed by atoms with Crippen LogP contribution in [0.5, 0.6) is 0 Å². The molecule has 0 aliphatic carbocycles. The third-order valence-corrected chi connectivity index (χ3v) is 2.05. The maximum absolute atomic E-state index is 8.07. The summed E-state index contributed by atoms with van der Waals surface area (Å²) in [6, 6.07) is 0. The second-order valence-corrected chi connectivity index (χ2v) is 11.0. The summed E-state index contributed by atoms with van der Waals surface area (Å²) in [5.41, 5.74) is 0. The molecule has 0 aromatic carbocycles. The van der Waals surface area contributed by atoms with Gasteiger partial charge in [-0.25, -0.2) is 30.1 Å². The van der Waals surface area contributed by atoms with Crippen molar-refractivity contribution in [1.82, 2.24) is 0 Å². The molecule has 4 N–H and O–H groups in total. The van der Waals surface area contributed by atoms with E-state index in [0.717, 1.165) is 51.4 Å². The molecule has 0 aliphatic heterocycles. The van der Waals surface area contributed by atoms with Gasteiger partial charge < -0.3 is 20.4 Å². The van der Waals surface area contributed by atoms with Gasteiger partial charge in [-0.1, -0.05) is 53.4 Å². The summed E-state index contributed by atoms with van der Waals surface area (Å²) < 4.78 is 0. The average molecular weight is 521 g/mol. The number of unbranched alkanes of at least 4 members (excludes halogenated alkanes) is 4. The summed E-state index contributed by atoms with van der Waals surface area (Å²) in [5.74, 6) is 0. The summed E-state index contributed by atoms with van der Waals surface area (Å²) in [7, 11) is 14.8. The Balaban J connectivity index is -0.0000000448. The number of hydrogen-bond acceptors (Lipinski definition) is 4. The van der Waals surface area contributed by atoms with Crippen LogP contribution in [-0.2, 0) is 26.2 Å². The molecule has 0 saturated heterocycles. The van der Waals surface area contributed by atoms with E-state index in [4.69, 9.17) is 50.6 Å². The van der Waals surface area contributed by atoms with Gasteiger partial charge in [0.1, 0.15) is 0 Å². The van der Waals surface area contributed by atoms with Crippen LogP contribution in [0.3, 0.4) is 0 Å². The number of aliphatic hydroxyl groups is 4. The Morgan fingerprint density at radius 1 is 0.520 bits per heavy atom. The van der Waals surface area contributed by atoms with Crippen molar-refractivity contribution in [2.45, 2.75) is 79.1 Å². The van der Waals surface area contributed by atoms with Gasteiger partial charge in [0.25, 0.3) is 0 Å². The first-order valence-corrected chi connectivity index (χ1v) is 14.0. The van der Waals surface area contributed by atoms with Crippen molar-refractivity contribution in [2.24, 2.45) is 0 Å². The van der Waals surface area contributed by atoms with Crippen molar-refractivity contribution in [2.75, 3.05) is 26.4 Å². The molecule has 0 aromatic rings. The smallest absolute Gasteiger partial charge is 0.396 e. The van der Waals surface area contributed by atoms with E-state index in [2.05, 4.69) is 27.7 Å². The molecule has 0 aromatic heterocycles. The Hall–Kier alpha value is 2.13. The molecule has 0 radical (unpaired) electrons. The predicted octanol–water partition coefficient (Wildman–Crippen LogP) is 4.80. The minimum Gasteiger partial charge on any atom is -0.396 e. The van der Waals surface area contributed by atoms with Crippen LogP contribution in [0.2, 0.25) is 0 Å². The van der Waals surface area contributed by atoms with E-state index in [1.807, 2.05) is 0 Å². The Morgan fingerprint density at radius 3 is 0.640 bits per heavy atom. The first kappa shape index (κ1) is 41.5. The monoisotopic (exact) mass is 518 g/mol. The van der Waals surface area contributed by atoms with Crippen LogP contribution in [-0.4, -0.2) is 58.2 Å². The third-order valence-electron chi connectivity index (χ3n) is 2.05. The van der Waals surface area contributed by atoms with Gasteiger partial charge in [-0.05, 0) is 25.7 Å². The van der Waals surface area contributed by atoms with Gasteiger partial charge in [0.15, 0.2) is 0 Å². The van der Waals surface area contributed by atoms with E-state index in [9.17, 15) is 0 Å². The molecule has 0 heterocycles. The molecule has 0 saturated carbocycles. The van der Waals surface area contributed by atoms with Gasteiger partial charge in [-0.15, -0.1) is 0 Å². The van der Waals surface area contributed by atoms with Crippen LogP contribution in [0.1, 0.15) is 79.1 Å². The Labute approximate surface area is 192 Å². The van der Waals surface area contributed by atoms with Crippen LogP contribution < -0.4 is 0 Å². The van der Waals surface area contributed by atoms with Crippen LogP contribution >= 0.6 is 30.1 Å². The number of halogens is 3. The van der Waals surface area contributed by atoms with Gasteiger partial charge >= 0.3 is 11.4 Å². The standard InChI is InChI=1S/4C4H10O.Al.3ClH.Zr/c4*1-2-3-4-5;;;;;/h4*5H,2-4H2,1H3;;3*1H;/q;;;;+3;;;;/p-3. The topological polar surface area (TPSA) is 80.9 Å². The molecule has 156 valence electrons. The average Bonchev–Trinajstić information content (AvgIpc) is 2.52. The van der Waals surface area contributed by atoms with Gasteiger partial charge in [0.05, 0.1) is 0 Å². The van der Waals surface area contributed by atoms with E-state index < -0.39 is 11.4 Å². The van der Waals surface area contributed by atoms with Crippen LogP contribution in [0, 0.1) is 0 Å². The fourth-order valence-electron chi connectivity index (χ4n) is 0.632. The maximum Gasteiger partial charge on any atom is 0.643 e. The molecule has 0 rings (SSSR count). The predicted molar refractivity (Wildman–Crippen MR) is 111 cm³/mol. The van der Waals surface area contributed by atoms with Gasteiger partial charge in [0.2, 0.25) is 0 Å². The molecule has 0 unspecified atom stereocenters.